The monoisotopic (exact) mass is 328 g/mol. The molecule has 3 aliphatic rings. The molecule has 3 rings (SSSR count). The Kier molecular flexibility index (Phi) is 4.18. The molecule has 0 radical (unpaired) electrons. The molecule has 1 saturated carbocycles. The zero-order chi connectivity index (χ0) is 15.9. The van der Waals surface area contributed by atoms with Gasteiger partial charge in [0.2, 0.25) is 11.8 Å². The van der Waals surface area contributed by atoms with Crippen molar-refractivity contribution in [1.82, 2.24) is 9.80 Å². The molecule has 0 aromatic carbocycles. The van der Waals surface area contributed by atoms with Crippen LogP contribution in [0.2, 0.25) is 0 Å². The van der Waals surface area contributed by atoms with Crippen molar-refractivity contribution in [3.63, 3.8) is 0 Å². The molecule has 1 unspecified atom stereocenters. The van der Waals surface area contributed by atoms with Crippen LogP contribution in [0.15, 0.2) is 0 Å². The summed E-state index contributed by atoms with van der Waals surface area (Å²) in [6.07, 6.45) is 3.96. The van der Waals surface area contributed by atoms with Gasteiger partial charge in [-0.2, -0.15) is 0 Å². The third kappa shape index (κ3) is 3.29. The molecule has 2 amide bonds. The van der Waals surface area contributed by atoms with Gasteiger partial charge in [-0.05, 0) is 32.1 Å². The molecular formula is C15H24N2O4S. The number of nitrogens with zero attached hydrogens (tertiary/aromatic N) is 2. The van der Waals surface area contributed by atoms with Gasteiger partial charge in [0, 0.05) is 38.0 Å². The highest BCUT2D eigenvalue weighted by atomic mass is 32.2. The van der Waals surface area contributed by atoms with Gasteiger partial charge in [0.05, 0.1) is 11.5 Å². The standard InChI is InChI=1S/C15H24N2O4S/c1-16(13-6-9-22(20,21)10-13)14(18)12-4-7-17(8-5-12)15(19)11-2-3-11/h11-13H,2-10H2,1H3. The molecule has 0 bridgehead atoms. The maximum absolute atomic E-state index is 12.5. The maximum atomic E-state index is 12.5. The molecule has 2 heterocycles. The summed E-state index contributed by atoms with van der Waals surface area (Å²) < 4.78 is 23.1. The van der Waals surface area contributed by atoms with Crippen LogP contribution in [-0.4, -0.2) is 67.7 Å². The third-order valence-corrected chi connectivity index (χ3v) is 6.94. The molecule has 7 heteroatoms. The minimum absolute atomic E-state index is 0.0422. The van der Waals surface area contributed by atoms with Gasteiger partial charge in [0.1, 0.15) is 0 Å². The van der Waals surface area contributed by atoms with Crippen LogP contribution < -0.4 is 0 Å². The van der Waals surface area contributed by atoms with Crippen LogP contribution in [0, 0.1) is 11.8 Å². The van der Waals surface area contributed by atoms with Crippen LogP contribution in [0.3, 0.4) is 0 Å². The van der Waals surface area contributed by atoms with Gasteiger partial charge in [-0.1, -0.05) is 0 Å². The lowest BCUT2D eigenvalue weighted by molar-refractivity contribution is -0.141. The molecule has 3 fully saturated rings. The minimum Gasteiger partial charge on any atom is -0.342 e. The molecule has 124 valence electrons. The summed E-state index contributed by atoms with van der Waals surface area (Å²) in [5.74, 6) is 0.731. The number of carbonyl (C=O) groups excluding carboxylic acids is 2. The van der Waals surface area contributed by atoms with Gasteiger partial charge in [-0.25, -0.2) is 8.42 Å². The summed E-state index contributed by atoms with van der Waals surface area (Å²) in [5.41, 5.74) is 0. The Bertz CT molecular complexity index is 562. The van der Waals surface area contributed by atoms with Crippen molar-refractivity contribution in [2.75, 3.05) is 31.6 Å². The predicted molar refractivity (Wildman–Crippen MR) is 81.9 cm³/mol. The quantitative estimate of drug-likeness (QED) is 0.746. The highest BCUT2D eigenvalue weighted by Crippen LogP contribution is 2.32. The van der Waals surface area contributed by atoms with Crippen LogP contribution in [0.4, 0.5) is 0 Å². The van der Waals surface area contributed by atoms with E-state index in [1.807, 2.05) is 4.90 Å². The molecule has 0 N–H and O–H groups in total. The van der Waals surface area contributed by atoms with Gasteiger partial charge < -0.3 is 9.80 Å². The summed E-state index contributed by atoms with van der Waals surface area (Å²) in [7, 11) is -1.26. The lowest BCUT2D eigenvalue weighted by Crippen LogP contribution is -2.46. The molecule has 0 spiro atoms. The van der Waals surface area contributed by atoms with E-state index in [1.54, 1.807) is 11.9 Å². The molecule has 0 aromatic heterocycles. The molecule has 2 aliphatic heterocycles. The van der Waals surface area contributed by atoms with E-state index in [0.717, 1.165) is 12.8 Å². The second-order valence-corrected chi connectivity index (χ2v) is 9.11. The number of rotatable bonds is 3. The van der Waals surface area contributed by atoms with Crippen molar-refractivity contribution in [2.24, 2.45) is 11.8 Å². The average molecular weight is 328 g/mol. The zero-order valence-electron chi connectivity index (χ0n) is 13.0. The number of likely N-dealkylation sites (tertiary alicyclic amines) is 1. The Morgan fingerprint density at radius 1 is 1.00 bits per heavy atom. The van der Waals surface area contributed by atoms with Crippen molar-refractivity contribution in [1.29, 1.82) is 0 Å². The van der Waals surface area contributed by atoms with E-state index in [9.17, 15) is 18.0 Å². The van der Waals surface area contributed by atoms with Gasteiger partial charge in [0.15, 0.2) is 9.84 Å². The fourth-order valence-corrected chi connectivity index (χ4v) is 5.26. The maximum Gasteiger partial charge on any atom is 0.225 e. The molecular weight excluding hydrogens is 304 g/mol. The Hall–Kier alpha value is -1.11. The van der Waals surface area contributed by atoms with Crippen molar-refractivity contribution in [3.05, 3.63) is 0 Å². The smallest absolute Gasteiger partial charge is 0.225 e. The minimum atomic E-state index is -2.97. The number of hydrogen-bond donors (Lipinski definition) is 0. The Labute approximate surface area is 131 Å². The number of amides is 2. The highest BCUT2D eigenvalue weighted by molar-refractivity contribution is 7.91. The topological polar surface area (TPSA) is 74.8 Å². The van der Waals surface area contributed by atoms with Crippen LogP contribution in [0.25, 0.3) is 0 Å². The average Bonchev–Trinajstić information content (AvgIpc) is 3.29. The normalized spacial score (nSPS) is 28.6. The first-order valence-electron chi connectivity index (χ1n) is 8.13. The second kappa shape index (κ2) is 5.83. The highest BCUT2D eigenvalue weighted by Gasteiger charge is 2.38. The molecule has 0 aromatic rings. The number of hydrogen-bond acceptors (Lipinski definition) is 4. The van der Waals surface area contributed by atoms with Gasteiger partial charge >= 0.3 is 0 Å². The summed E-state index contributed by atoms with van der Waals surface area (Å²) in [5, 5.41) is 0. The number of carbonyl (C=O) groups is 2. The van der Waals surface area contributed by atoms with Crippen LogP contribution in [0.1, 0.15) is 32.1 Å². The van der Waals surface area contributed by atoms with Gasteiger partial charge in [-0.3, -0.25) is 9.59 Å². The summed E-state index contributed by atoms with van der Waals surface area (Å²) in [6.45, 7) is 1.31. The van der Waals surface area contributed by atoms with E-state index in [0.29, 0.717) is 32.4 Å². The van der Waals surface area contributed by atoms with Crippen LogP contribution in [0.5, 0.6) is 0 Å². The largest absolute Gasteiger partial charge is 0.342 e. The van der Waals surface area contributed by atoms with Crippen molar-refractivity contribution in [2.45, 2.75) is 38.1 Å². The lowest BCUT2D eigenvalue weighted by Gasteiger charge is -2.34. The lowest BCUT2D eigenvalue weighted by atomic mass is 9.94. The van der Waals surface area contributed by atoms with E-state index >= 15 is 0 Å². The van der Waals surface area contributed by atoms with Crippen molar-refractivity contribution < 1.29 is 18.0 Å². The molecule has 1 atom stereocenters. The van der Waals surface area contributed by atoms with Crippen molar-refractivity contribution in [3.8, 4) is 0 Å². The van der Waals surface area contributed by atoms with Gasteiger partial charge in [0.25, 0.3) is 0 Å². The Morgan fingerprint density at radius 2 is 1.64 bits per heavy atom. The first kappa shape index (κ1) is 15.8. The number of piperidine rings is 1. The first-order valence-corrected chi connectivity index (χ1v) is 9.95. The zero-order valence-corrected chi connectivity index (χ0v) is 13.8. The van der Waals surface area contributed by atoms with Crippen LogP contribution >= 0.6 is 0 Å². The SMILES string of the molecule is CN(C(=O)C1CCN(C(=O)C2CC2)CC1)C1CCS(=O)(=O)C1. The van der Waals surface area contributed by atoms with E-state index in [2.05, 4.69) is 0 Å². The summed E-state index contributed by atoms with van der Waals surface area (Å²) >= 11 is 0. The van der Waals surface area contributed by atoms with E-state index in [1.165, 1.54) is 0 Å². The van der Waals surface area contributed by atoms with Crippen LogP contribution in [-0.2, 0) is 19.4 Å². The molecule has 6 nitrogen and oxygen atoms in total. The Morgan fingerprint density at radius 3 is 2.14 bits per heavy atom. The number of sulfone groups is 1. The molecule has 1 aliphatic carbocycles. The second-order valence-electron chi connectivity index (χ2n) is 6.88. The Balaban J connectivity index is 1.52. The first-order chi connectivity index (χ1) is 10.4. The van der Waals surface area contributed by atoms with E-state index in [4.69, 9.17) is 0 Å². The van der Waals surface area contributed by atoms with E-state index < -0.39 is 9.84 Å². The molecule has 22 heavy (non-hydrogen) atoms. The van der Waals surface area contributed by atoms with Crippen molar-refractivity contribution >= 4 is 21.7 Å². The fraction of sp³-hybridized carbons (Fsp3) is 0.867. The predicted octanol–water partition coefficient (Wildman–Crippen LogP) is 0.281. The summed E-state index contributed by atoms with van der Waals surface area (Å²) in [4.78, 5) is 28.1. The van der Waals surface area contributed by atoms with Gasteiger partial charge in [-0.15, -0.1) is 0 Å². The summed E-state index contributed by atoms with van der Waals surface area (Å²) in [6, 6.07) is -0.177. The third-order valence-electron chi connectivity index (χ3n) is 5.19. The fourth-order valence-electron chi connectivity index (χ4n) is 3.48. The van der Waals surface area contributed by atoms with E-state index in [-0.39, 0.29) is 41.2 Å². The molecule has 2 saturated heterocycles.